The van der Waals surface area contributed by atoms with Crippen molar-refractivity contribution in [2.45, 2.75) is 50.4 Å². The van der Waals surface area contributed by atoms with E-state index >= 15 is 0 Å². The van der Waals surface area contributed by atoms with Crippen LogP contribution in [0, 0.1) is 11.8 Å². The first-order valence-electron chi connectivity index (χ1n) is 9.39. The summed E-state index contributed by atoms with van der Waals surface area (Å²) in [4.78, 5) is 0.927. The third kappa shape index (κ3) is 4.42. The Labute approximate surface area is 163 Å². The van der Waals surface area contributed by atoms with Gasteiger partial charge in [-0.25, -0.2) is 8.57 Å². The second kappa shape index (κ2) is 9.00. The van der Waals surface area contributed by atoms with Crippen LogP contribution < -0.4 is 0 Å². The highest BCUT2D eigenvalue weighted by Gasteiger charge is 2.46. The Bertz CT molecular complexity index is 819. The van der Waals surface area contributed by atoms with Crippen molar-refractivity contribution < 1.29 is 14.1 Å². The molecule has 0 fully saturated rings. The van der Waals surface area contributed by atoms with Crippen molar-refractivity contribution in [1.82, 2.24) is 0 Å². The zero-order chi connectivity index (χ0) is 20.1. The molecule has 1 aliphatic rings. The summed E-state index contributed by atoms with van der Waals surface area (Å²) in [5, 5.41) is 11.5. The zero-order valence-electron chi connectivity index (χ0n) is 16.7. The summed E-state index contributed by atoms with van der Waals surface area (Å²) in [6.45, 7) is 9.87. The van der Waals surface area contributed by atoms with Crippen molar-refractivity contribution in [2.24, 2.45) is 16.2 Å². The van der Waals surface area contributed by atoms with Crippen LogP contribution in [0.25, 0.3) is 0 Å². The number of benzene rings is 1. The average Bonchev–Trinajstić information content (AvgIpc) is 2.66. The molecule has 27 heavy (non-hydrogen) atoms. The molecule has 148 valence electrons. The Kier molecular flexibility index (Phi) is 7.20. The molecular weight excluding hydrogens is 358 g/mol. The molecule has 2 rings (SSSR count). The van der Waals surface area contributed by atoms with Crippen molar-refractivity contribution in [2.75, 3.05) is 7.05 Å². The van der Waals surface area contributed by atoms with E-state index in [9.17, 15) is 9.32 Å². The van der Waals surface area contributed by atoms with Gasteiger partial charge < -0.3 is 9.84 Å². The monoisotopic (exact) mass is 389 g/mol. The highest BCUT2D eigenvalue weighted by atomic mass is 32.2. The number of allylic oxidation sites excluding steroid dienone is 2. The molecule has 0 saturated heterocycles. The number of rotatable bonds is 7. The molecule has 1 aliphatic heterocycles. The van der Waals surface area contributed by atoms with Crippen LogP contribution in [-0.4, -0.2) is 28.3 Å². The van der Waals surface area contributed by atoms with E-state index in [2.05, 4.69) is 24.8 Å². The Balaban J connectivity index is 2.71. The Morgan fingerprint density at radius 2 is 2.04 bits per heavy atom. The largest absolute Gasteiger partial charge is 0.361 e. The maximum atomic E-state index is 14.0. The van der Waals surface area contributed by atoms with Crippen LogP contribution in [0.1, 0.15) is 33.6 Å². The van der Waals surface area contributed by atoms with E-state index in [1.807, 2.05) is 43.4 Å². The first kappa shape index (κ1) is 21.6. The predicted octanol–water partition coefficient (Wildman–Crippen LogP) is 4.93. The molecule has 1 aromatic carbocycles. The molecular formula is C22H31NO3S. The molecule has 1 aromatic rings. The molecule has 0 saturated carbocycles. The first-order chi connectivity index (χ1) is 12.8. The normalized spacial score (nSPS) is 28.0. The number of aliphatic hydroxyl groups is 1. The van der Waals surface area contributed by atoms with Gasteiger partial charge in [-0.3, -0.25) is 0 Å². The average molecular weight is 390 g/mol. The molecule has 0 aromatic heterocycles. The lowest BCUT2D eigenvalue weighted by atomic mass is 9.86. The molecule has 5 heteroatoms. The van der Waals surface area contributed by atoms with Crippen LogP contribution in [0.3, 0.4) is 0 Å². The summed E-state index contributed by atoms with van der Waals surface area (Å²) in [6, 6.07) is 9.10. The SMILES string of the molecule is C=CCC[C@@]1(O)O[C@@H](/C=C/C)[C@H](C(C)C)C=C1S(=O)(=NC)c1ccccc1. The molecule has 0 bridgehead atoms. The summed E-state index contributed by atoms with van der Waals surface area (Å²) >= 11 is 0. The van der Waals surface area contributed by atoms with Crippen molar-refractivity contribution in [3.63, 3.8) is 0 Å². The highest BCUT2D eigenvalue weighted by Crippen LogP contribution is 2.42. The predicted molar refractivity (Wildman–Crippen MR) is 112 cm³/mol. The summed E-state index contributed by atoms with van der Waals surface area (Å²) in [5.74, 6) is -1.41. The fraction of sp³-hybridized carbons (Fsp3) is 0.455. The molecule has 0 spiro atoms. The van der Waals surface area contributed by atoms with E-state index in [1.165, 1.54) is 7.05 Å². The maximum Gasteiger partial charge on any atom is 0.202 e. The number of nitrogens with zero attached hydrogens (tertiary/aromatic N) is 1. The van der Waals surface area contributed by atoms with Gasteiger partial charge in [0.1, 0.15) is 9.73 Å². The van der Waals surface area contributed by atoms with Gasteiger partial charge in [0.2, 0.25) is 5.79 Å². The lowest BCUT2D eigenvalue weighted by molar-refractivity contribution is -0.209. The van der Waals surface area contributed by atoms with Gasteiger partial charge in [0.15, 0.2) is 0 Å². The summed E-state index contributed by atoms with van der Waals surface area (Å²) in [6.07, 6.45) is 8.06. The fourth-order valence-corrected chi connectivity index (χ4v) is 5.53. The first-order valence-corrected chi connectivity index (χ1v) is 10.9. The lowest BCUT2D eigenvalue weighted by Crippen LogP contribution is -2.47. The molecule has 1 N–H and O–H groups in total. The van der Waals surface area contributed by atoms with Gasteiger partial charge in [0.25, 0.3) is 0 Å². The Hall–Kier alpha value is -1.69. The Morgan fingerprint density at radius 1 is 1.37 bits per heavy atom. The van der Waals surface area contributed by atoms with Crippen LogP contribution in [0.2, 0.25) is 0 Å². The summed E-state index contributed by atoms with van der Waals surface area (Å²) < 4.78 is 24.4. The minimum absolute atomic E-state index is 0.00788. The fourth-order valence-electron chi connectivity index (χ4n) is 3.41. The third-order valence-electron chi connectivity index (χ3n) is 4.90. The smallest absolute Gasteiger partial charge is 0.202 e. The summed E-state index contributed by atoms with van der Waals surface area (Å²) in [5.41, 5.74) is 0. The highest BCUT2D eigenvalue weighted by molar-refractivity contribution is 7.97. The van der Waals surface area contributed by atoms with E-state index in [1.54, 1.807) is 18.2 Å². The summed E-state index contributed by atoms with van der Waals surface area (Å²) in [7, 11) is -1.46. The number of hydrogen-bond acceptors (Lipinski definition) is 4. The molecule has 0 amide bonds. The second-order valence-electron chi connectivity index (χ2n) is 7.09. The number of hydrogen-bond donors (Lipinski definition) is 1. The van der Waals surface area contributed by atoms with Crippen LogP contribution in [0.15, 0.2) is 75.4 Å². The minimum atomic E-state index is -3.00. The van der Waals surface area contributed by atoms with Gasteiger partial charge in [-0.1, -0.05) is 56.4 Å². The molecule has 1 unspecified atom stereocenters. The third-order valence-corrected chi connectivity index (χ3v) is 7.37. The van der Waals surface area contributed by atoms with Crippen LogP contribution in [-0.2, 0) is 14.5 Å². The topological polar surface area (TPSA) is 58.9 Å². The van der Waals surface area contributed by atoms with E-state index < -0.39 is 15.5 Å². The standard InChI is InChI=1S/C22H31NO3S/c1-6-8-15-22(24)21(16-19(17(3)4)20(26-22)12-7-2)27(25,23-5)18-13-10-9-11-14-18/h6-7,9-14,16-17,19-20,24H,1,8,15H2,2-5H3/b12-7+/t19-,20-,22+,27?/m0/s1. The quantitative estimate of drug-likeness (QED) is 0.673. The van der Waals surface area contributed by atoms with E-state index in [0.717, 1.165) is 0 Å². The zero-order valence-corrected chi connectivity index (χ0v) is 17.5. The van der Waals surface area contributed by atoms with Crippen LogP contribution in [0.5, 0.6) is 0 Å². The Morgan fingerprint density at radius 3 is 2.56 bits per heavy atom. The maximum absolute atomic E-state index is 14.0. The van der Waals surface area contributed by atoms with Crippen molar-refractivity contribution >= 4 is 9.73 Å². The minimum Gasteiger partial charge on any atom is -0.361 e. The van der Waals surface area contributed by atoms with Crippen molar-refractivity contribution in [3.05, 3.63) is 66.1 Å². The lowest BCUT2D eigenvalue weighted by Gasteiger charge is -2.42. The van der Waals surface area contributed by atoms with Crippen LogP contribution in [0.4, 0.5) is 0 Å². The van der Waals surface area contributed by atoms with Gasteiger partial charge in [-0.2, -0.15) is 0 Å². The molecule has 4 nitrogen and oxygen atoms in total. The molecule has 0 aliphatic carbocycles. The number of ether oxygens (including phenoxy) is 1. The van der Waals surface area contributed by atoms with Crippen LogP contribution >= 0.6 is 0 Å². The van der Waals surface area contributed by atoms with E-state index in [-0.39, 0.29) is 24.4 Å². The van der Waals surface area contributed by atoms with Gasteiger partial charge >= 0.3 is 0 Å². The van der Waals surface area contributed by atoms with Gasteiger partial charge in [0.05, 0.1) is 15.9 Å². The van der Waals surface area contributed by atoms with E-state index in [4.69, 9.17) is 4.74 Å². The van der Waals surface area contributed by atoms with Gasteiger partial charge in [0, 0.05) is 19.4 Å². The molecule has 1 heterocycles. The molecule has 0 radical (unpaired) electrons. The second-order valence-corrected chi connectivity index (χ2v) is 9.42. The molecule has 4 atom stereocenters. The van der Waals surface area contributed by atoms with Gasteiger partial charge in [-0.15, -0.1) is 6.58 Å². The van der Waals surface area contributed by atoms with Gasteiger partial charge in [-0.05, 0) is 31.4 Å². The van der Waals surface area contributed by atoms with Crippen molar-refractivity contribution in [3.8, 4) is 0 Å². The van der Waals surface area contributed by atoms with E-state index in [0.29, 0.717) is 16.2 Å². The van der Waals surface area contributed by atoms with Crippen molar-refractivity contribution in [1.29, 1.82) is 0 Å².